The number of phenolic OH excluding ortho intramolecular Hbond substituents is 1. The lowest BCUT2D eigenvalue weighted by Gasteiger charge is -2.17. The van der Waals surface area contributed by atoms with Gasteiger partial charge in [0.1, 0.15) is 16.3 Å². The third kappa shape index (κ3) is 2.94. The summed E-state index contributed by atoms with van der Waals surface area (Å²) in [4.78, 5) is 15.0. The zero-order valence-electron chi connectivity index (χ0n) is 15.2. The Bertz CT molecular complexity index is 1040. The Morgan fingerprint density at radius 2 is 2.04 bits per heavy atom. The molecule has 2 heterocycles. The van der Waals surface area contributed by atoms with Crippen molar-refractivity contribution in [2.45, 2.75) is 30.2 Å². The van der Waals surface area contributed by atoms with Crippen molar-refractivity contribution in [3.8, 4) is 17.0 Å². The molecule has 7 nitrogen and oxygen atoms in total. The van der Waals surface area contributed by atoms with E-state index >= 15 is 0 Å². The zero-order chi connectivity index (χ0) is 19.1. The number of aromatic nitrogens is 2. The maximum absolute atomic E-state index is 11.5. The summed E-state index contributed by atoms with van der Waals surface area (Å²) in [5, 5.41) is 27.1. The van der Waals surface area contributed by atoms with E-state index in [2.05, 4.69) is 18.7 Å². The molecule has 0 amide bonds. The first kappa shape index (κ1) is 17.8. The number of hydrogen-bond donors (Lipinski definition) is 1. The minimum atomic E-state index is -0.343. The molecule has 0 aliphatic carbocycles. The second-order valence-electron chi connectivity index (χ2n) is 6.45. The van der Waals surface area contributed by atoms with Crippen LogP contribution in [0.25, 0.3) is 22.2 Å². The number of phenols is 1. The van der Waals surface area contributed by atoms with Gasteiger partial charge in [0.15, 0.2) is 0 Å². The maximum Gasteiger partial charge on any atom is 0.284 e. The highest BCUT2D eigenvalue weighted by Gasteiger charge is 2.30. The molecule has 0 fully saturated rings. The number of fused-ring (bicyclic) bond motifs is 2. The van der Waals surface area contributed by atoms with E-state index in [1.165, 1.54) is 11.8 Å². The minimum Gasteiger partial charge on any atom is -0.508 e. The van der Waals surface area contributed by atoms with E-state index in [1.54, 1.807) is 30.3 Å². The van der Waals surface area contributed by atoms with E-state index in [1.807, 2.05) is 4.68 Å². The van der Waals surface area contributed by atoms with Crippen LogP contribution in [0.4, 0.5) is 5.69 Å². The first-order valence-corrected chi connectivity index (χ1v) is 9.76. The summed E-state index contributed by atoms with van der Waals surface area (Å²) in [6.45, 7) is 7.74. The van der Waals surface area contributed by atoms with Gasteiger partial charge in [0.2, 0.25) is 0 Å². The van der Waals surface area contributed by atoms with Crippen molar-refractivity contribution in [1.29, 1.82) is 0 Å². The van der Waals surface area contributed by atoms with Crippen molar-refractivity contribution in [2.24, 2.45) is 0 Å². The average Bonchev–Trinajstić information content (AvgIpc) is 3.03. The number of aromatic hydroxyl groups is 1. The van der Waals surface area contributed by atoms with Crippen molar-refractivity contribution in [3.05, 3.63) is 40.4 Å². The van der Waals surface area contributed by atoms with Crippen LogP contribution in [0.5, 0.6) is 5.75 Å². The fourth-order valence-electron chi connectivity index (χ4n) is 3.51. The molecule has 1 aliphatic heterocycles. The Morgan fingerprint density at radius 3 is 2.74 bits per heavy atom. The summed E-state index contributed by atoms with van der Waals surface area (Å²) in [5.41, 5.74) is 2.50. The Balaban J connectivity index is 1.90. The Morgan fingerprint density at radius 1 is 1.26 bits per heavy atom. The molecule has 2 aromatic carbocycles. The van der Waals surface area contributed by atoms with Gasteiger partial charge in [0, 0.05) is 28.5 Å². The largest absolute Gasteiger partial charge is 0.508 e. The monoisotopic (exact) mass is 384 g/mol. The van der Waals surface area contributed by atoms with Gasteiger partial charge in [-0.05, 0) is 37.4 Å². The van der Waals surface area contributed by atoms with Gasteiger partial charge in [-0.15, -0.1) is 0 Å². The van der Waals surface area contributed by atoms with E-state index in [-0.39, 0.29) is 16.4 Å². The van der Waals surface area contributed by atoms with Crippen LogP contribution in [0, 0.1) is 10.1 Å². The Kier molecular flexibility index (Phi) is 4.53. The van der Waals surface area contributed by atoms with Gasteiger partial charge in [0.05, 0.1) is 17.0 Å². The second kappa shape index (κ2) is 6.86. The predicted octanol–water partition coefficient (Wildman–Crippen LogP) is 4.12. The van der Waals surface area contributed by atoms with E-state index < -0.39 is 0 Å². The molecule has 1 N–H and O–H groups in total. The van der Waals surface area contributed by atoms with Crippen LogP contribution in [0.15, 0.2) is 40.1 Å². The number of nitrogens with zero attached hydrogens (tertiary/aromatic N) is 4. The van der Waals surface area contributed by atoms with Crippen molar-refractivity contribution >= 4 is 28.4 Å². The number of likely N-dealkylation sites (N-methyl/N-ethyl adjacent to an activating group) is 1. The lowest BCUT2D eigenvalue weighted by atomic mass is 10.1. The summed E-state index contributed by atoms with van der Waals surface area (Å²) in [5.74, 6) is 0.161. The summed E-state index contributed by atoms with van der Waals surface area (Å²) in [6, 6.07) is 8.41. The SMILES string of the molecule is CCN(CC)CCn1nc2c3c(c([N+](=O)[O-])ccc31)Sc1ccc(O)cc1-2. The van der Waals surface area contributed by atoms with Crippen LogP contribution in [-0.2, 0) is 6.54 Å². The van der Waals surface area contributed by atoms with E-state index in [9.17, 15) is 15.2 Å². The van der Waals surface area contributed by atoms with Crippen LogP contribution >= 0.6 is 11.8 Å². The van der Waals surface area contributed by atoms with Gasteiger partial charge in [-0.25, -0.2) is 0 Å². The third-order valence-corrected chi connectivity index (χ3v) is 6.19. The van der Waals surface area contributed by atoms with Crippen LogP contribution in [0.1, 0.15) is 13.8 Å². The smallest absolute Gasteiger partial charge is 0.284 e. The molecule has 0 atom stereocenters. The van der Waals surface area contributed by atoms with Crippen LogP contribution < -0.4 is 0 Å². The zero-order valence-corrected chi connectivity index (χ0v) is 16.0. The lowest BCUT2D eigenvalue weighted by Crippen LogP contribution is -2.27. The van der Waals surface area contributed by atoms with Gasteiger partial charge < -0.3 is 10.0 Å². The maximum atomic E-state index is 11.5. The first-order valence-electron chi connectivity index (χ1n) is 8.95. The summed E-state index contributed by atoms with van der Waals surface area (Å²) < 4.78 is 1.93. The molecule has 0 unspecified atom stereocenters. The van der Waals surface area contributed by atoms with Crippen LogP contribution in [0.2, 0.25) is 0 Å². The molecule has 0 radical (unpaired) electrons. The van der Waals surface area contributed by atoms with Gasteiger partial charge in [-0.3, -0.25) is 14.8 Å². The molecule has 0 spiro atoms. The van der Waals surface area contributed by atoms with Crippen molar-refractivity contribution in [3.63, 3.8) is 0 Å². The normalized spacial score (nSPS) is 12.6. The minimum absolute atomic E-state index is 0.0933. The first-order chi connectivity index (χ1) is 13.0. The fourth-order valence-corrected chi connectivity index (χ4v) is 4.69. The molecule has 0 saturated heterocycles. The molecule has 4 rings (SSSR count). The average molecular weight is 384 g/mol. The Hall–Kier alpha value is -2.58. The number of nitro groups is 1. The number of rotatable bonds is 6. The van der Waals surface area contributed by atoms with Crippen LogP contribution in [0.3, 0.4) is 0 Å². The molecule has 1 aromatic heterocycles. The second-order valence-corrected chi connectivity index (χ2v) is 7.50. The number of hydrogen-bond acceptors (Lipinski definition) is 6. The molecular formula is C19H20N4O3S. The van der Waals surface area contributed by atoms with Crippen molar-refractivity contribution in [1.82, 2.24) is 14.7 Å². The predicted molar refractivity (Wildman–Crippen MR) is 105 cm³/mol. The molecule has 1 aliphatic rings. The molecule has 3 aromatic rings. The van der Waals surface area contributed by atoms with Gasteiger partial charge in [-0.1, -0.05) is 25.6 Å². The molecule has 27 heavy (non-hydrogen) atoms. The van der Waals surface area contributed by atoms with E-state index in [4.69, 9.17) is 5.10 Å². The molecule has 0 bridgehead atoms. The van der Waals surface area contributed by atoms with Crippen LogP contribution in [-0.4, -0.2) is 44.3 Å². The van der Waals surface area contributed by atoms with E-state index in [0.29, 0.717) is 17.1 Å². The quantitative estimate of drug-likeness (QED) is 0.398. The molecular weight excluding hydrogens is 364 g/mol. The highest BCUT2D eigenvalue weighted by atomic mass is 32.2. The topological polar surface area (TPSA) is 84.4 Å². The van der Waals surface area contributed by atoms with Crippen molar-refractivity contribution < 1.29 is 10.0 Å². The summed E-state index contributed by atoms with van der Waals surface area (Å²) in [7, 11) is 0. The highest BCUT2D eigenvalue weighted by molar-refractivity contribution is 8.00. The summed E-state index contributed by atoms with van der Waals surface area (Å²) >= 11 is 1.37. The summed E-state index contributed by atoms with van der Waals surface area (Å²) in [6.07, 6.45) is 0. The van der Waals surface area contributed by atoms with Gasteiger partial charge in [0.25, 0.3) is 5.69 Å². The standard InChI is InChI=1S/C19H20N4O3S/c1-3-21(4-2)9-10-22-14-6-7-15(23(25)26)19-17(14)18(20-22)13-11-12(24)5-8-16(13)27-19/h5-8,11,24H,3-4,9-10H2,1-2H3. The molecule has 8 heteroatoms. The number of nitro benzene ring substituents is 1. The van der Waals surface area contributed by atoms with Gasteiger partial charge in [-0.2, -0.15) is 5.10 Å². The fraction of sp³-hybridized carbons (Fsp3) is 0.316. The van der Waals surface area contributed by atoms with Gasteiger partial charge >= 0.3 is 0 Å². The molecule has 140 valence electrons. The van der Waals surface area contributed by atoms with Crippen molar-refractivity contribution in [2.75, 3.05) is 19.6 Å². The third-order valence-electron chi connectivity index (χ3n) is 5.00. The number of benzene rings is 2. The molecule has 0 saturated carbocycles. The Labute approximate surface area is 160 Å². The van der Waals surface area contributed by atoms with E-state index in [0.717, 1.165) is 41.0 Å². The lowest BCUT2D eigenvalue weighted by molar-refractivity contribution is -0.387. The highest BCUT2D eigenvalue weighted by Crippen LogP contribution is 2.51.